The number of nitrogens with zero attached hydrogens (tertiary/aromatic N) is 2. The van der Waals surface area contributed by atoms with E-state index in [-0.39, 0.29) is 23.3 Å². The van der Waals surface area contributed by atoms with E-state index in [9.17, 15) is 14.3 Å². The molecular formula is C30H31ClF2N2O3. The molecule has 1 saturated heterocycles. The topological polar surface area (TPSA) is 62.7 Å². The minimum atomic E-state index is -1.16. The van der Waals surface area contributed by atoms with Gasteiger partial charge < -0.3 is 9.84 Å². The number of alkyl halides is 1. The van der Waals surface area contributed by atoms with Gasteiger partial charge in [0.25, 0.3) is 0 Å². The van der Waals surface area contributed by atoms with E-state index in [1.807, 2.05) is 18.2 Å². The molecule has 0 unspecified atom stereocenters. The third kappa shape index (κ3) is 7.21. The zero-order valence-corrected chi connectivity index (χ0v) is 22.1. The van der Waals surface area contributed by atoms with Gasteiger partial charge in [-0.3, -0.25) is 14.7 Å². The number of methoxy groups -OCH3 is 1. The van der Waals surface area contributed by atoms with E-state index in [1.165, 1.54) is 12.1 Å². The number of aromatic nitrogens is 1. The Labute approximate surface area is 226 Å². The Kier molecular flexibility index (Phi) is 9.54. The first-order chi connectivity index (χ1) is 18.3. The van der Waals surface area contributed by atoms with Crippen LogP contribution in [-0.4, -0.2) is 47.7 Å². The van der Waals surface area contributed by atoms with Crippen molar-refractivity contribution in [1.82, 2.24) is 9.88 Å². The highest BCUT2D eigenvalue weighted by Crippen LogP contribution is 2.36. The van der Waals surface area contributed by atoms with E-state index in [0.29, 0.717) is 49.2 Å². The number of halogens is 3. The molecule has 1 aliphatic rings. The second-order valence-corrected chi connectivity index (χ2v) is 10.1. The van der Waals surface area contributed by atoms with Gasteiger partial charge >= 0.3 is 5.97 Å². The van der Waals surface area contributed by atoms with E-state index in [2.05, 4.69) is 21.7 Å². The van der Waals surface area contributed by atoms with Crippen molar-refractivity contribution in [2.24, 2.45) is 11.8 Å². The second-order valence-electron chi connectivity index (χ2n) is 9.73. The van der Waals surface area contributed by atoms with Gasteiger partial charge in [-0.25, -0.2) is 8.78 Å². The number of aliphatic carboxylic acids is 1. The fraction of sp³-hybridized carbons (Fsp3) is 0.400. The zero-order chi connectivity index (χ0) is 27.1. The van der Waals surface area contributed by atoms with Crippen LogP contribution in [-0.2, 0) is 4.79 Å². The number of hydrogen-bond acceptors (Lipinski definition) is 4. The van der Waals surface area contributed by atoms with Crippen LogP contribution in [0, 0.1) is 29.5 Å². The van der Waals surface area contributed by atoms with E-state index in [4.69, 9.17) is 16.3 Å². The van der Waals surface area contributed by atoms with E-state index in [0.717, 1.165) is 23.9 Å². The van der Waals surface area contributed by atoms with Crippen LogP contribution in [0.2, 0.25) is 5.02 Å². The van der Waals surface area contributed by atoms with Crippen LogP contribution in [0.3, 0.4) is 0 Å². The van der Waals surface area contributed by atoms with E-state index >= 15 is 4.39 Å². The summed E-state index contributed by atoms with van der Waals surface area (Å²) in [6.45, 7) is 2.00. The first-order valence-electron chi connectivity index (χ1n) is 12.8. The zero-order valence-electron chi connectivity index (χ0n) is 21.3. The van der Waals surface area contributed by atoms with Crippen LogP contribution in [0.25, 0.3) is 10.9 Å². The monoisotopic (exact) mass is 540 g/mol. The number of piperidine rings is 1. The molecule has 2 aromatic carbocycles. The molecule has 0 bridgehead atoms. The number of likely N-dealkylation sites (tertiary alicyclic amines) is 1. The highest BCUT2D eigenvalue weighted by molar-refractivity contribution is 6.31. The Morgan fingerprint density at radius 1 is 1.24 bits per heavy atom. The maximum absolute atomic E-state index is 15.5. The summed E-state index contributed by atoms with van der Waals surface area (Å²) >= 11 is 6.06. The highest BCUT2D eigenvalue weighted by atomic mass is 35.5. The second kappa shape index (κ2) is 13.0. The molecule has 1 aliphatic heterocycles. The number of carboxylic acids is 1. The van der Waals surface area contributed by atoms with Gasteiger partial charge in [0.15, 0.2) is 0 Å². The normalized spacial score (nSPS) is 18.5. The summed E-state index contributed by atoms with van der Waals surface area (Å²) in [7, 11) is 1.58. The number of fused-ring (bicyclic) bond motifs is 1. The van der Waals surface area contributed by atoms with Gasteiger partial charge in [0, 0.05) is 30.1 Å². The molecule has 1 aromatic heterocycles. The predicted molar refractivity (Wildman–Crippen MR) is 145 cm³/mol. The van der Waals surface area contributed by atoms with Crippen LogP contribution >= 0.6 is 11.6 Å². The number of rotatable bonds is 9. The molecule has 38 heavy (non-hydrogen) atoms. The Bertz CT molecular complexity index is 1340. The summed E-state index contributed by atoms with van der Waals surface area (Å²) in [5.74, 6) is 5.89. The number of pyridine rings is 1. The number of benzene rings is 2. The van der Waals surface area contributed by atoms with Crippen LogP contribution in [0.4, 0.5) is 8.78 Å². The lowest BCUT2D eigenvalue weighted by molar-refractivity contribution is -0.137. The molecule has 0 amide bonds. The summed E-state index contributed by atoms with van der Waals surface area (Å²) in [4.78, 5) is 17.8. The maximum atomic E-state index is 15.5. The van der Waals surface area contributed by atoms with Gasteiger partial charge in [-0.15, -0.1) is 0 Å². The quantitative estimate of drug-likeness (QED) is 0.307. The van der Waals surface area contributed by atoms with Crippen LogP contribution in [0.1, 0.15) is 49.4 Å². The van der Waals surface area contributed by atoms with Crippen molar-refractivity contribution >= 4 is 28.5 Å². The Balaban J connectivity index is 1.40. The van der Waals surface area contributed by atoms with Crippen molar-refractivity contribution in [3.63, 3.8) is 0 Å². The van der Waals surface area contributed by atoms with Crippen LogP contribution < -0.4 is 4.74 Å². The van der Waals surface area contributed by atoms with Crippen LogP contribution in [0.5, 0.6) is 5.75 Å². The summed E-state index contributed by atoms with van der Waals surface area (Å²) in [6.07, 6.45) is 2.97. The fourth-order valence-corrected chi connectivity index (χ4v) is 5.43. The number of hydrogen-bond donors (Lipinski definition) is 1. The lowest BCUT2D eigenvalue weighted by atomic mass is 9.79. The molecule has 3 aromatic rings. The van der Waals surface area contributed by atoms with Crippen molar-refractivity contribution in [3.8, 4) is 17.6 Å². The summed E-state index contributed by atoms with van der Waals surface area (Å²) in [5.41, 5.74) is 1.89. The van der Waals surface area contributed by atoms with Crippen molar-refractivity contribution in [1.29, 1.82) is 0 Å². The van der Waals surface area contributed by atoms with Crippen LogP contribution in [0.15, 0.2) is 48.7 Å². The minimum absolute atomic E-state index is 0.0830. The standard InChI is InChI=1S/C30H31ClF2N2O3/c1-38-24-8-10-29-26(18-24)25(12-14-34-29)28(33)9-5-20-13-16-35(19-22(20)6-11-30(36)37)15-2-3-21-4-7-23(32)17-27(21)31/h4,7-8,10,12,14,17-18,20,22,28H,5-6,9,11,13,15-16,19H2,1H3,(H,36,37)/t20-,22-,28-/m1/s1. The molecule has 200 valence electrons. The lowest BCUT2D eigenvalue weighted by Crippen LogP contribution is -2.41. The molecule has 1 fully saturated rings. The van der Waals surface area contributed by atoms with E-state index in [1.54, 1.807) is 25.4 Å². The van der Waals surface area contributed by atoms with Crippen molar-refractivity contribution < 1.29 is 23.4 Å². The molecular weight excluding hydrogens is 510 g/mol. The molecule has 0 spiro atoms. The third-order valence-corrected chi connectivity index (χ3v) is 7.58. The number of ether oxygens (including phenoxy) is 1. The SMILES string of the molecule is COc1ccc2nccc([C@H](F)CC[C@@H]3CCN(CC#Cc4ccc(F)cc4Cl)C[C@H]3CCC(=O)O)c2c1. The largest absolute Gasteiger partial charge is 0.497 e. The molecule has 3 atom stereocenters. The average molecular weight is 541 g/mol. The van der Waals surface area contributed by atoms with Gasteiger partial charge in [-0.05, 0) is 92.1 Å². The van der Waals surface area contributed by atoms with Crippen molar-refractivity contribution in [2.45, 2.75) is 38.3 Å². The van der Waals surface area contributed by atoms with Gasteiger partial charge in [0.05, 0.1) is 24.2 Å². The van der Waals surface area contributed by atoms with Gasteiger partial charge in [-0.2, -0.15) is 0 Å². The third-order valence-electron chi connectivity index (χ3n) is 7.27. The van der Waals surface area contributed by atoms with Crippen molar-refractivity contribution in [3.05, 3.63) is 70.6 Å². The molecule has 0 radical (unpaired) electrons. The molecule has 1 N–H and O–H groups in total. The smallest absolute Gasteiger partial charge is 0.303 e. The molecule has 2 heterocycles. The van der Waals surface area contributed by atoms with Gasteiger partial charge in [-0.1, -0.05) is 23.4 Å². The molecule has 4 rings (SSSR count). The molecule has 0 aliphatic carbocycles. The first-order valence-corrected chi connectivity index (χ1v) is 13.2. The lowest BCUT2D eigenvalue weighted by Gasteiger charge is -2.38. The minimum Gasteiger partial charge on any atom is -0.497 e. The number of carbonyl (C=O) groups is 1. The van der Waals surface area contributed by atoms with Gasteiger partial charge in [0.1, 0.15) is 17.7 Å². The summed E-state index contributed by atoms with van der Waals surface area (Å²) in [5, 5.41) is 10.3. The van der Waals surface area contributed by atoms with E-state index < -0.39 is 18.0 Å². The highest BCUT2D eigenvalue weighted by Gasteiger charge is 2.30. The fourth-order valence-electron chi connectivity index (χ4n) is 5.22. The predicted octanol–water partition coefficient (Wildman–Crippen LogP) is 6.68. The summed E-state index contributed by atoms with van der Waals surface area (Å²) in [6, 6.07) is 11.3. The first kappa shape index (κ1) is 27.8. The Morgan fingerprint density at radius 3 is 2.84 bits per heavy atom. The number of carboxylic acid groups (broad SMARTS) is 1. The molecule has 8 heteroatoms. The Morgan fingerprint density at radius 2 is 2.08 bits per heavy atom. The Hall–Kier alpha value is -3.21. The van der Waals surface area contributed by atoms with Crippen molar-refractivity contribution in [2.75, 3.05) is 26.7 Å². The summed E-state index contributed by atoms with van der Waals surface area (Å²) < 4.78 is 34.1. The average Bonchev–Trinajstić information content (AvgIpc) is 2.91. The maximum Gasteiger partial charge on any atom is 0.303 e. The van der Waals surface area contributed by atoms with Gasteiger partial charge in [0.2, 0.25) is 0 Å². The molecule has 0 saturated carbocycles. The molecule has 5 nitrogen and oxygen atoms in total.